The van der Waals surface area contributed by atoms with Gasteiger partial charge in [0, 0.05) is 41.2 Å². The zero-order valence-corrected chi connectivity index (χ0v) is 15.4. The molecule has 140 valence electrons. The SMILES string of the molecule is NCCCn1cc(-c2nc3cc4c(cc3[nH]c2=O)C(=O)CC4)c2ccccc21. The standard InChI is InChI=1S/C22H20N4O2/c23-8-3-9-26-12-16(14-4-1-2-5-19(14)26)21-22(28)25-18-11-15-13(6-7-20(15)27)10-17(18)24-21/h1-2,4-5,10-12H,3,6-9,23H2,(H,25,28). The van der Waals surface area contributed by atoms with E-state index in [4.69, 9.17) is 10.7 Å². The summed E-state index contributed by atoms with van der Waals surface area (Å²) in [5, 5.41) is 0.994. The third kappa shape index (κ3) is 2.57. The maximum Gasteiger partial charge on any atom is 0.275 e. The topological polar surface area (TPSA) is 93.8 Å². The van der Waals surface area contributed by atoms with Gasteiger partial charge in [0.1, 0.15) is 5.69 Å². The van der Waals surface area contributed by atoms with E-state index in [1.54, 1.807) is 6.07 Å². The first-order chi connectivity index (χ1) is 13.7. The molecule has 0 spiro atoms. The van der Waals surface area contributed by atoms with E-state index >= 15 is 0 Å². The smallest absolute Gasteiger partial charge is 0.275 e. The van der Waals surface area contributed by atoms with Gasteiger partial charge in [-0.25, -0.2) is 4.98 Å². The van der Waals surface area contributed by atoms with Crippen molar-refractivity contribution in [3.63, 3.8) is 0 Å². The monoisotopic (exact) mass is 372 g/mol. The van der Waals surface area contributed by atoms with Gasteiger partial charge < -0.3 is 15.3 Å². The first kappa shape index (κ1) is 16.9. The second-order valence-corrected chi connectivity index (χ2v) is 7.26. The van der Waals surface area contributed by atoms with Crippen molar-refractivity contribution in [1.82, 2.24) is 14.5 Å². The number of nitrogens with one attached hydrogen (secondary N) is 1. The molecule has 5 rings (SSSR count). The quantitative estimate of drug-likeness (QED) is 0.576. The number of aromatic amines is 1. The van der Waals surface area contributed by atoms with Crippen molar-refractivity contribution in [1.29, 1.82) is 0 Å². The number of rotatable bonds is 4. The van der Waals surface area contributed by atoms with E-state index in [2.05, 4.69) is 9.55 Å². The molecule has 0 saturated heterocycles. The number of nitrogens with zero attached hydrogens (tertiary/aromatic N) is 2. The van der Waals surface area contributed by atoms with Crippen molar-refractivity contribution in [2.24, 2.45) is 5.73 Å². The van der Waals surface area contributed by atoms with Crippen molar-refractivity contribution < 1.29 is 4.79 Å². The summed E-state index contributed by atoms with van der Waals surface area (Å²) >= 11 is 0. The molecule has 6 heteroatoms. The molecule has 0 aliphatic heterocycles. The van der Waals surface area contributed by atoms with Crippen LogP contribution in [0.3, 0.4) is 0 Å². The molecule has 0 unspecified atom stereocenters. The number of fused-ring (bicyclic) bond motifs is 3. The molecule has 0 saturated carbocycles. The van der Waals surface area contributed by atoms with Crippen LogP contribution in [-0.4, -0.2) is 26.9 Å². The molecule has 1 aliphatic carbocycles. The maximum atomic E-state index is 12.9. The van der Waals surface area contributed by atoms with Gasteiger partial charge in [0.25, 0.3) is 5.56 Å². The van der Waals surface area contributed by atoms with Crippen LogP contribution >= 0.6 is 0 Å². The average Bonchev–Trinajstić information content (AvgIpc) is 3.25. The van der Waals surface area contributed by atoms with Crippen LogP contribution in [0.15, 0.2) is 47.4 Å². The summed E-state index contributed by atoms with van der Waals surface area (Å²) in [4.78, 5) is 32.5. The van der Waals surface area contributed by atoms with Gasteiger partial charge >= 0.3 is 0 Å². The molecule has 0 fully saturated rings. The molecule has 0 amide bonds. The van der Waals surface area contributed by atoms with Gasteiger partial charge in [-0.1, -0.05) is 18.2 Å². The van der Waals surface area contributed by atoms with Crippen LogP contribution in [0.5, 0.6) is 0 Å². The molecule has 1 aliphatic rings. The van der Waals surface area contributed by atoms with Crippen LogP contribution in [0.4, 0.5) is 0 Å². The highest BCUT2D eigenvalue weighted by Gasteiger charge is 2.21. The highest BCUT2D eigenvalue weighted by atomic mass is 16.1. The van der Waals surface area contributed by atoms with E-state index in [0.717, 1.165) is 41.4 Å². The number of carbonyl (C=O) groups excluding carboxylic acids is 1. The Balaban J connectivity index is 1.72. The Morgan fingerprint density at radius 3 is 2.82 bits per heavy atom. The zero-order chi connectivity index (χ0) is 19.3. The Morgan fingerprint density at radius 1 is 1.11 bits per heavy atom. The van der Waals surface area contributed by atoms with Gasteiger partial charge in [0.15, 0.2) is 5.78 Å². The van der Waals surface area contributed by atoms with Crippen LogP contribution in [0.25, 0.3) is 33.2 Å². The highest BCUT2D eigenvalue weighted by molar-refractivity contribution is 6.03. The number of aryl methyl sites for hydroxylation is 2. The number of aromatic nitrogens is 3. The molecule has 0 radical (unpaired) electrons. The van der Waals surface area contributed by atoms with Crippen LogP contribution in [0, 0.1) is 0 Å². The minimum atomic E-state index is -0.250. The van der Waals surface area contributed by atoms with E-state index in [1.807, 2.05) is 36.5 Å². The lowest BCUT2D eigenvalue weighted by Crippen LogP contribution is -2.12. The zero-order valence-electron chi connectivity index (χ0n) is 15.4. The Bertz CT molecular complexity index is 1300. The van der Waals surface area contributed by atoms with Crippen LogP contribution < -0.4 is 11.3 Å². The van der Waals surface area contributed by atoms with Gasteiger partial charge in [-0.3, -0.25) is 9.59 Å². The Hall–Kier alpha value is -3.25. The van der Waals surface area contributed by atoms with Crippen molar-refractivity contribution in [3.8, 4) is 11.3 Å². The lowest BCUT2D eigenvalue weighted by Gasteiger charge is -2.05. The van der Waals surface area contributed by atoms with Crippen molar-refractivity contribution in [3.05, 3.63) is 64.1 Å². The summed E-state index contributed by atoms with van der Waals surface area (Å²) in [5.41, 5.74) is 10.7. The van der Waals surface area contributed by atoms with Gasteiger partial charge in [0.2, 0.25) is 0 Å². The summed E-state index contributed by atoms with van der Waals surface area (Å²) in [6.45, 7) is 1.40. The number of ketones is 1. The molecule has 3 N–H and O–H groups in total. The summed E-state index contributed by atoms with van der Waals surface area (Å²) in [5.74, 6) is 0.129. The first-order valence-electron chi connectivity index (χ1n) is 9.54. The first-order valence-corrected chi connectivity index (χ1v) is 9.54. The number of H-pyrrole nitrogens is 1. The fraction of sp³-hybridized carbons (Fsp3) is 0.227. The van der Waals surface area contributed by atoms with Gasteiger partial charge in [-0.05, 0) is 43.1 Å². The van der Waals surface area contributed by atoms with E-state index in [9.17, 15) is 9.59 Å². The molecule has 2 aromatic heterocycles. The summed E-state index contributed by atoms with van der Waals surface area (Å²) in [7, 11) is 0. The molecular weight excluding hydrogens is 352 g/mol. The molecule has 6 nitrogen and oxygen atoms in total. The summed E-state index contributed by atoms with van der Waals surface area (Å²) in [6.07, 6.45) is 4.11. The normalized spacial score (nSPS) is 13.5. The molecule has 4 aromatic rings. The van der Waals surface area contributed by atoms with E-state index in [-0.39, 0.29) is 11.3 Å². The predicted octanol–water partition coefficient (Wildman–Crippen LogP) is 3.02. The number of carbonyl (C=O) groups is 1. The van der Waals surface area contributed by atoms with Crippen LogP contribution in [0.2, 0.25) is 0 Å². The van der Waals surface area contributed by atoms with E-state index in [1.165, 1.54) is 0 Å². The largest absolute Gasteiger partial charge is 0.347 e. The summed E-state index contributed by atoms with van der Waals surface area (Å²) in [6, 6.07) is 11.7. The van der Waals surface area contributed by atoms with Gasteiger partial charge in [-0.2, -0.15) is 0 Å². The van der Waals surface area contributed by atoms with Crippen molar-refractivity contribution >= 4 is 27.7 Å². The number of nitrogens with two attached hydrogens (primary N) is 1. The third-order valence-corrected chi connectivity index (χ3v) is 5.49. The average molecular weight is 372 g/mol. The molecular formula is C22H20N4O2. The van der Waals surface area contributed by atoms with Gasteiger partial charge in [-0.15, -0.1) is 0 Å². The van der Waals surface area contributed by atoms with Crippen molar-refractivity contribution in [2.75, 3.05) is 6.54 Å². The molecule has 2 heterocycles. The predicted molar refractivity (Wildman–Crippen MR) is 110 cm³/mol. The minimum Gasteiger partial charge on any atom is -0.347 e. The Labute approximate surface area is 161 Å². The number of hydrogen-bond acceptors (Lipinski definition) is 4. The molecule has 0 bridgehead atoms. The van der Waals surface area contributed by atoms with E-state index in [0.29, 0.717) is 35.3 Å². The fourth-order valence-electron chi connectivity index (χ4n) is 4.09. The Kier molecular flexibility index (Phi) is 3.87. The second-order valence-electron chi connectivity index (χ2n) is 7.26. The third-order valence-electron chi connectivity index (χ3n) is 5.49. The lowest BCUT2D eigenvalue weighted by molar-refractivity contribution is 0.0994. The number of benzene rings is 2. The van der Waals surface area contributed by atoms with Crippen molar-refractivity contribution in [2.45, 2.75) is 25.8 Å². The molecule has 0 atom stereocenters. The van der Waals surface area contributed by atoms with Crippen LogP contribution in [0.1, 0.15) is 28.8 Å². The Morgan fingerprint density at radius 2 is 1.96 bits per heavy atom. The molecule has 2 aromatic carbocycles. The maximum absolute atomic E-state index is 12.9. The summed E-state index contributed by atoms with van der Waals surface area (Å²) < 4.78 is 2.13. The van der Waals surface area contributed by atoms with Gasteiger partial charge in [0.05, 0.1) is 11.0 Å². The molecule has 28 heavy (non-hydrogen) atoms. The number of hydrogen-bond donors (Lipinski definition) is 2. The second kappa shape index (κ2) is 6.42. The number of Topliss-reactive ketones (excluding diaryl/α,β-unsaturated/α-hetero) is 1. The number of para-hydroxylation sites is 1. The van der Waals surface area contributed by atoms with E-state index < -0.39 is 0 Å². The minimum absolute atomic E-state index is 0.129. The fourth-order valence-corrected chi connectivity index (χ4v) is 4.09. The van der Waals surface area contributed by atoms with Crippen LogP contribution in [-0.2, 0) is 13.0 Å². The highest BCUT2D eigenvalue weighted by Crippen LogP contribution is 2.30. The lowest BCUT2D eigenvalue weighted by atomic mass is 10.1.